The van der Waals surface area contributed by atoms with Crippen LogP contribution in [-0.2, 0) is 14.8 Å². The molecule has 0 aromatic carbocycles. The van der Waals surface area contributed by atoms with Crippen molar-refractivity contribution in [2.75, 3.05) is 25.9 Å². The molecule has 0 bridgehead atoms. The maximum Gasteiger partial charge on any atom is 0.305 e. The van der Waals surface area contributed by atoms with Crippen LogP contribution in [0, 0.1) is 5.92 Å². The maximum atomic E-state index is 11.7. The first-order valence-corrected chi connectivity index (χ1v) is 9.10. The Hall–Kier alpha value is -0.660. The minimum Gasteiger partial charge on any atom is -0.481 e. The lowest BCUT2D eigenvalue weighted by molar-refractivity contribution is -0.143. The largest absolute Gasteiger partial charge is 0.481 e. The zero-order valence-corrected chi connectivity index (χ0v) is 12.6. The summed E-state index contributed by atoms with van der Waals surface area (Å²) in [7, 11) is -3.13. The highest BCUT2D eigenvalue weighted by Crippen LogP contribution is 2.47. The summed E-state index contributed by atoms with van der Waals surface area (Å²) in [5.74, 6) is -0.373. The first-order chi connectivity index (χ1) is 9.32. The summed E-state index contributed by atoms with van der Waals surface area (Å²) in [4.78, 5) is 13.5. The third-order valence-corrected chi connectivity index (χ3v) is 6.59. The van der Waals surface area contributed by atoms with Gasteiger partial charge in [0.2, 0.25) is 10.0 Å². The molecule has 0 aromatic heterocycles. The van der Waals surface area contributed by atoms with Gasteiger partial charge in [-0.1, -0.05) is 0 Å². The molecule has 1 saturated carbocycles. The number of fused-ring (bicyclic) bond motifs is 1. The first-order valence-electron chi connectivity index (χ1n) is 7.25. The second kappa shape index (κ2) is 4.68. The molecule has 0 aromatic rings. The van der Waals surface area contributed by atoms with Gasteiger partial charge in [-0.3, -0.25) is 9.69 Å². The summed E-state index contributed by atoms with van der Waals surface area (Å²) in [5, 5.41) is 9.16. The summed E-state index contributed by atoms with van der Waals surface area (Å²) in [5.41, 5.74) is -0.210. The van der Waals surface area contributed by atoms with Crippen LogP contribution >= 0.6 is 0 Å². The van der Waals surface area contributed by atoms with Crippen molar-refractivity contribution >= 4 is 16.0 Å². The van der Waals surface area contributed by atoms with Gasteiger partial charge >= 0.3 is 5.97 Å². The summed E-state index contributed by atoms with van der Waals surface area (Å²) >= 11 is 0. The van der Waals surface area contributed by atoms with Crippen molar-refractivity contribution < 1.29 is 18.3 Å². The number of sulfonamides is 1. The molecule has 3 fully saturated rings. The van der Waals surface area contributed by atoms with Crippen LogP contribution in [0.15, 0.2) is 0 Å². The molecule has 2 saturated heterocycles. The highest BCUT2D eigenvalue weighted by Gasteiger charge is 2.53. The third-order valence-electron chi connectivity index (χ3n) is 5.36. The number of rotatable bonds is 4. The number of likely N-dealkylation sites (tertiary alicyclic amines) is 1. The summed E-state index contributed by atoms with van der Waals surface area (Å²) in [6.07, 6.45) is 5.38. The number of carboxylic acids is 1. The normalized spacial score (nSPS) is 33.9. The molecule has 114 valence electrons. The number of aliphatic carboxylic acids is 1. The maximum absolute atomic E-state index is 11.7. The van der Waals surface area contributed by atoms with Gasteiger partial charge in [0, 0.05) is 24.7 Å². The van der Waals surface area contributed by atoms with Crippen LogP contribution in [0.4, 0.5) is 0 Å². The van der Waals surface area contributed by atoms with Crippen LogP contribution in [0.2, 0.25) is 0 Å². The van der Waals surface area contributed by atoms with Crippen LogP contribution in [0.1, 0.15) is 32.1 Å². The number of nitrogens with zero attached hydrogens (tertiary/aromatic N) is 2. The van der Waals surface area contributed by atoms with Gasteiger partial charge in [-0.15, -0.1) is 0 Å². The van der Waals surface area contributed by atoms with Crippen LogP contribution in [0.25, 0.3) is 0 Å². The molecule has 3 rings (SSSR count). The molecule has 2 heterocycles. The summed E-state index contributed by atoms with van der Waals surface area (Å²) in [6, 6.07) is 0.212. The van der Waals surface area contributed by atoms with E-state index in [-0.39, 0.29) is 18.0 Å². The molecule has 0 radical (unpaired) electrons. The first kappa shape index (κ1) is 14.3. The SMILES string of the molecule is CS(=O)(=O)N1C[C@@H]2CCN(C3(CC(=O)O)CCC3)[C@@H]2C1. The molecular formula is C13H22N2O4S. The van der Waals surface area contributed by atoms with E-state index >= 15 is 0 Å². The van der Waals surface area contributed by atoms with Crippen molar-refractivity contribution in [2.45, 2.75) is 43.7 Å². The van der Waals surface area contributed by atoms with E-state index in [1.54, 1.807) is 4.31 Å². The van der Waals surface area contributed by atoms with Gasteiger partial charge in [0.25, 0.3) is 0 Å². The quantitative estimate of drug-likeness (QED) is 0.811. The van der Waals surface area contributed by atoms with Crippen LogP contribution in [0.3, 0.4) is 0 Å². The van der Waals surface area contributed by atoms with E-state index in [1.807, 2.05) is 0 Å². The zero-order valence-electron chi connectivity index (χ0n) is 11.8. The molecule has 2 aliphatic heterocycles. The Bertz CT molecular complexity index is 514. The Morgan fingerprint density at radius 2 is 2.05 bits per heavy atom. The van der Waals surface area contributed by atoms with E-state index in [1.165, 1.54) is 6.26 Å². The average Bonchev–Trinajstić information content (AvgIpc) is 2.81. The van der Waals surface area contributed by atoms with Gasteiger partial charge in [0.1, 0.15) is 0 Å². The summed E-state index contributed by atoms with van der Waals surface area (Å²) < 4.78 is 24.9. The molecule has 0 unspecified atom stereocenters. The second-order valence-electron chi connectivity index (χ2n) is 6.54. The Morgan fingerprint density at radius 1 is 1.35 bits per heavy atom. The number of carboxylic acid groups (broad SMARTS) is 1. The van der Waals surface area contributed by atoms with Crippen LogP contribution in [0.5, 0.6) is 0 Å². The van der Waals surface area contributed by atoms with Crippen molar-refractivity contribution in [3.63, 3.8) is 0 Å². The van der Waals surface area contributed by atoms with Gasteiger partial charge in [-0.2, -0.15) is 0 Å². The highest BCUT2D eigenvalue weighted by atomic mass is 32.2. The van der Waals surface area contributed by atoms with Crippen molar-refractivity contribution in [2.24, 2.45) is 5.92 Å². The lowest BCUT2D eigenvalue weighted by Crippen LogP contribution is -2.58. The second-order valence-corrected chi connectivity index (χ2v) is 8.52. The van der Waals surface area contributed by atoms with Crippen molar-refractivity contribution in [3.8, 4) is 0 Å². The molecule has 0 amide bonds. The lowest BCUT2D eigenvalue weighted by atomic mass is 9.72. The highest BCUT2D eigenvalue weighted by molar-refractivity contribution is 7.88. The minimum absolute atomic E-state index is 0.190. The van der Waals surface area contributed by atoms with Gasteiger partial charge in [-0.05, 0) is 38.1 Å². The minimum atomic E-state index is -3.13. The smallest absolute Gasteiger partial charge is 0.305 e. The van der Waals surface area contributed by atoms with E-state index in [4.69, 9.17) is 5.11 Å². The molecule has 20 heavy (non-hydrogen) atoms. The topological polar surface area (TPSA) is 77.9 Å². The number of hydrogen-bond donors (Lipinski definition) is 1. The molecule has 1 aliphatic carbocycles. The lowest BCUT2D eigenvalue weighted by Gasteiger charge is -2.50. The molecular weight excluding hydrogens is 280 g/mol. The van der Waals surface area contributed by atoms with Gasteiger partial charge < -0.3 is 5.11 Å². The average molecular weight is 302 g/mol. The molecule has 3 aliphatic rings. The fourth-order valence-corrected chi connectivity index (χ4v) is 5.10. The Labute approximate surface area is 119 Å². The third kappa shape index (κ3) is 2.25. The van der Waals surface area contributed by atoms with Crippen molar-refractivity contribution in [1.82, 2.24) is 9.21 Å². The molecule has 6 nitrogen and oxygen atoms in total. The summed E-state index contributed by atoms with van der Waals surface area (Å²) in [6.45, 7) is 2.05. The zero-order chi connectivity index (χ0) is 14.5. The number of hydrogen-bond acceptors (Lipinski definition) is 4. The predicted octanol–water partition coefficient (Wildman–Crippen LogP) is 0.350. The van der Waals surface area contributed by atoms with E-state index in [2.05, 4.69) is 4.90 Å². The van der Waals surface area contributed by atoms with Crippen LogP contribution < -0.4 is 0 Å². The number of carbonyl (C=O) groups is 1. The van der Waals surface area contributed by atoms with Gasteiger partial charge in [-0.25, -0.2) is 12.7 Å². The molecule has 0 spiro atoms. The van der Waals surface area contributed by atoms with E-state index in [0.717, 1.165) is 32.2 Å². The van der Waals surface area contributed by atoms with Gasteiger partial charge in [0.05, 0.1) is 12.7 Å². The Kier molecular flexibility index (Phi) is 3.34. The monoisotopic (exact) mass is 302 g/mol. The van der Waals surface area contributed by atoms with Crippen molar-refractivity contribution in [1.29, 1.82) is 0 Å². The molecule has 2 atom stereocenters. The van der Waals surface area contributed by atoms with Gasteiger partial charge in [0.15, 0.2) is 0 Å². The molecule has 7 heteroatoms. The van der Waals surface area contributed by atoms with Crippen LogP contribution in [-0.4, -0.2) is 66.2 Å². The Morgan fingerprint density at radius 3 is 2.55 bits per heavy atom. The fraction of sp³-hybridized carbons (Fsp3) is 0.923. The van der Waals surface area contributed by atoms with E-state index in [0.29, 0.717) is 19.0 Å². The fourth-order valence-electron chi connectivity index (χ4n) is 4.21. The van der Waals surface area contributed by atoms with E-state index < -0.39 is 16.0 Å². The standard InChI is InChI=1S/C13H22N2O4S/c1-20(18,19)14-8-10-3-6-15(11(10)9-14)13(4-2-5-13)7-12(16)17/h10-11H,2-9H2,1H3,(H,16,17)/t10-,11+/m0/s1. The molecule has 1 N–H and O–H groups in total. The van der Waals surface area contributed by atoms with Crippen molar-refractivity contribution in [3.05, 3.63) is 0 Å². The predicted molar refractivity (Wildman–Crippen MR) is 73.9 cm³/mol. The van der Waals surface area contributed by atoms with E-state index in [9.17, 15) is 13.2 Å². The Balaban J connectivity index is 1.78.